The molecule has 0 amide bonds. The fraction of sp³-hybridized carbons (Fsp3) is 0. The average Bonchev–Trinajstić information content (AvgIpc) is 0. The summed E-state index contributed by atoms with van der Waals surface area (Å²) in [6.45, 7) is 0. The van der Waals surface area contributed by atoms with E-state index in [2.05, 4.69) is 0 Å². The van der Waals surface area contributed by atoms with Crippen molar-refractivity contribution in [3.05, 3.63) is 0 Å². The standard InChI is InChI=1S/10ClH.90H3N/h10*1H;90*1H3. The Hall–Kier alpha value is -0.700. The SMILES string of the molecule is Cl.Cl.Cl.Cl.Cl.Cl.Cl.Cl.Cl.Cl.N.N.N.N.N.N.N.N.N.N.N.N.N.N.N.N.N.N.N.N.N.N.N.N.N.N.N.N.N.N.N.N.N.N.N.N.N.N.N.N.N.N.N.N.N.N.N.N.N.N.N.N.N.N.N.N.N.N.N.N.N.N.N.N.N.N.N.N.N.N.N.N.N.N.N.N.N.N.N.N.N.N.N.N.N.N.N.N.N.N. The summed E-state index contributed by atoms with van der Waals surface area (Å²) < 4.78 is 0. The summed E-state index contributed by atoms with van der Waals surface area (Å²) in [5.74, 6) is 0. The maximum absolute atomic E-state index is 0. The van der Waals surface area contributed by atoms with Crippen LogP contribution in [0.15, 0.2) is 0 Å². The van der Waals surface area contributed by atoms with Crippen LogP contribution in [0, 0.1) is 0 Å². The molecule has 0 radical (unpaired) electrons. The second-order valence-corrected chi connectivity index (χ2v) is 0. The Morgan fingerprint density at radius 3 is 0.0200 bits per heavy atom. The van der Waals surface area contributed by atoms with Crippen molar-refractivity contribution in [1.82, 2.24) is 554 Å². The van der Waals surface area contributed by atoms with Gasteiger partial charge in [0.1, 0.15) is 0 Å². The third-order valence-corrected chi connectivity index (χ3v) is 0. The second kappa shape index (κ2) is 1900000. The third kappa shape index (κ3) is 1840000. The minimum atomic E-state index is 0. The van der Waals surface area contributed by atoms with Crippen LogP contribution < -0.4 is 554 Å². The molecule has 270 N–H and O–H groups in total. The zero-order valence-electron chi connectivity index (χ0n) is 67.7. The van der Waals surface area contributed by atoms with Crippen molar-refractivity contribution in [1.29, 1.82) is 0 Å². The molecule has 0 heterocycles. The van der Waals surface area contributed by atoms with E-state index in [0.29, 0.717) is 0 Å². The van der Waals surface area contributed by atoms with E-state index in [1.807, 2.05) is 0 Å². The van der Waals surface area contributed by atoms with Gasteiger partial charge >= 0.3 is 0 Å². The largest absolute Gasteiger partial charge is 0.344 e. The first-order chi connectivity index (χ1) is 0. The van der Waals surface area contributed by atoms with Gasteiger partial charge < -0.3 is 554 Å². The molecule has 0 aliphatic rings. The lowest BCUT2D eigenvalue weighted by Crippen LogP contribution is -0.482. The molecular weight excluding hydrogens is 1620 g/mol. The van der Waals surface area contributed by atoms with Crippen LogP contribution in [-0.4, -0.2) is 0 Å². The van der Waals surface area contributed by atoms with Crippen LogP contribution in [0.3, 0.4) is 0 Å². The summed E-state index contributed by atoms with van der Waals surface area (Å²) in [6, 6.07) is 0. The van der Waals surface area contributed by atoms with E-state index in [0.717, 1.165) is 0 Å². The average molecular weight is 1900 g/mol. The van der Waals surface area contributed by atoms with Crippen LogP contribution in [0.25, 0.3) is 0 Å². The number of hydrogen-bond donors (Lipinski definition) is 90. The molecule has 0 aromatic heterocycles. The maximum Gasteiger partial charge on any atom is -0.147 e. The molecule has 0 saturated heterocycles. The van der Waals surface area contributed by atoms with Gasteiger partial charge in [-0.3, -0.25) is 0 Å². The Balaban J connectivity index is 0. The molecule has 0 atom stereocenters. The van der Waals surface area contributed by atoms with Crippen LogP contribution >= 0.6 is 124 Å². The lowest BCUT2D eigenvalue weighted by molar-refractivity contribution is 2.13. The summed E-state index contributed by atoms with van der Waals surface area (Å²) in [7, 11) is 0. The highest BCUT2D eigenvalue weighted by atomic mass is 35.5. The minimum absolute atomic E-state index is 0. The van der Waals surface area contributed by atoms with Crippen LogP contribution in [0.5, 0.6) is 0 Å². The highest BCUT2D eigenvalue weighted by molar-refractivity contribution is 5.86. The van der Waals surface area contributed by atoms with Gasteiger partial charge in [0.05, 0.1) is 0 Å². The van der Waals surface area contributed by atoms with Gasteiger partial charge in [-0.25, -0.2) is 0 Å². The Kier molecular flexibility index (Phi) is 37200000000. The van der Waals surface area contributed by atoms with E-state index in [1.54, 1.807) is 0 Å². The summed E-state index contributed by atoms with van der Waals surface area (Å²) >= 11 is 0. The van der Waals surface area contributed by atoms with Crippen molar-refractivity contribution in [2.45, 2.75) is 0 Å². The van der Waals surface area contributed by atoms with Gasteiger partial charge in [0.2, 0.25) is 0 Å². The van der Waals surface area contributed by atoms with Gasteiger partial charge in [-0.15, -0.1) is 124 Å². The zero-order valence-corrected chi connectivity index (χ0v) is 75.9. The Bertz CT molecular complexity index is 46.9. The van der Waals surface area contributed by atoms with Gasteiger partial charge in [0, 0.05) is 0 Å². The second-order valence-electron chi connectivity index (χ2n) is 0. The van der Waals surface area contributed by atoms with E-state index in [-0.39, 0.29) is 678 Å². The molecule has 0 unspecified atom stereocenters. The first-order valence-corrected chi connectivity index (χ1v) is 0. The number of halogens is 10. The summed E-state index contributed by atoms with van der Waals surface area (Å²) in [6.07, 6.45) is 0. The highest BCUT2D eigenvalue weighted by Crippen LogP contribution is 0.699. The van der Waals surface area contributed by atoms with E-state index < -0.39 is 0 Å². The number of hydrogen-bond acceptors (Lipinski definition) is 90. The molecular formula is H280Cl10N90. The molecule has 0 aromatic rings. The van der Waals surface area contributed by atoms with Crippen molar-refractivity contribution in [3.8, 4) is 0 Å². The highest BCUT2D eigenvalue weighted by Gasteiger charge is -0.130. The molecule has 90 nitrogen and oxygen atoms in total. The predicted molar refractivity (Wildman–Crippen MR) is 524 cm³/mol. The van der Waals surface area contributed by atoms with E-state index in [9.17, 15) is 0 Å². The van der Waals surface area contributed by atoms with Gasteiger partial charge in [0.25, 0.3) is 0 Å². The van der Waals surface area contributed by atoms with E-state index in [4.69, 9.17) is 0 Å². The molecule has 0 saturated carbocycles. The van der Waals surface area contributed by atoms with E-state index in [1.165, 1.54) is 0 Å². The molecule has 0 aromatic carbocycles. The Labute approximate surface area is 675 Å². The minimum Gasteiger partial charge on any atom is -0.344 e. The fourth-order valence-corrected chi connectivity index (χ4v) is 0. The molecule has 0 spiro atoms. The van der Waals surface area contributed by atoms with Gasteiger partial charge in [-0.1, -0.05) is 0 Å². The number of rotatable bonds is 0. The van der Waals surface area contributed by atoms with Crippen LogP contribution in [0.2, 0.25) is 0 Å². The first-order valence-electron chi connectivity index (χ1n) is 0. The molecule has 0 rings (SSSR count). The van der Waals surface area contributed by atoms with Gasteiger partial charge in [-0.2, -0.15) is 0 Å². The smallest absolute Gasteiger partial charge is 0.147 e. The Morgan fingerprint density at radius 2 is 0.0200 bits per heavy atom. The topological polar surface area (TPSA) is 3150 Å². The zero-order chi connectivity index (χ0) is 0. The fourth-order valence-electron chi connectivity index (χ4n) is 0. The quantitative estimate of drug-likeness (QED) is 0.107. The Morgan fingerprint density at radius 1 is 0.0200 bits per heavy atom. The lowest BCUT2D eigenvalue weighted by atomic mass is 14.0. The van der Waals surface area contributed by atoms with Crippen molar-refractivity contribution in [2.75, 3.05) is 0 Å². The van der Waals surface area contributed by atoms with E-state index >= 15 is 0 Å². The third-order valence-electron chi connectivity index (χ3n) is 0. The maximum atomic E-state index is 0. The summed E-state index contributed by atoms with van der Waals surface area (Å²) in [5.41, 5.74) is 0. The summed E-state index contributed by atoms with van der Waals surface area (Å²) in [4.78, 5) is 0. The first kappa shape index (κ1) is 1960000. The summed E-state index contributed by atoms with van der Waals surface area (Å²) in [5, 5.41) is 0. The molecule has 0 aliphatic carbocycles. The normalized spacial score (nSPS) is 0. The molecule has 0 fully saturated rings. The molecule has 0 aliphatic heterocycles. The molecule has 100 heteroatoms. The van der Waals surface area contributed by atoms with Crippen molar-refractivity contribution in [2.24, 2.45) is 0 Å². The molecule has 100 heavy (non-hydrogen) atoms. The molecule has 800 valence electrons. The molecule has 0 bridgehead atoms. The van der Waals surface area contributed by atoms with Crippen molar-refractivity contribution < 1.29 is 0 Å². The van der Waals surface area contributed by atoms with Crippen LogP contribution in [0.4, 0.5) is 0 Å². The lowest BCUT2D eigenvalue weighted by Gasteiger charge is -0.345. The van der Waals surface area contributed by atoms with Crippen molar-refractivity contribution >= 4 is 124 Å². The van der Waals surface area contributed by atoms with Gasteiger partial charge in [-0.05, 0) is 0 Å². The van der Waals surface area contributed by atoms with Crippen LogP contribution in [0.1, 0.15) is 0 Å². The van der Waals surface area contributed by atoms with Crippen LogP contribution in [-0.2, 0) is 0 Å². The van der Waals surface area contributed by atoms with Gasteiger partial charge in [0.15, 0.2) is 0 Å². The van der Waals surface area contributed by atoms with Crippen molar-refractivity contribution in [3.63, 3.8) is 0 Å². The predicted octanol–water partition coefficient (Wildman–Crippen LogP) is 18.8. The monoisotopic (exact) mass is 1890 g/mol.